The number of imidazole rings is 1. The number of rotatable bonds is 12. The molecule has 2 bridgehead atoms. The minimum absolute atomic E-state index is 0. The number of nitrogens with zero attached hydrogens (tertiary/aromatic N) is 3. The molecule has 2 saturated carbocycles. The second kappa shape index (κ2) is 21.0. The van der Waals surface area contributed by atoms with Gasteiger partial charge in [0.05, 0.1) is 29.7 Å². The monoisotopic (exact) mass is 1360 g/mol. The number of ketones is 1. The number of hydrogen-bond donors (Lipinski definition) is 5. The van der Waals surface area contributed by atoms with Gasteiger partial charge in [0.1, 0.15) is 55.0 Å². The van der Waals surface area contributed by atoms with Crippen LogP contribution in [0.1, 0.15) is 75.2 Å². The van der Waals surface area contributed by atoms with Gasteiger partial charge in [0.2, 0.25) is 5.91 Å². The summed E-state index contributed by atoms with van der Waals surface area (Å²) >= 11 is 0. The number of fused-ring (bicyclic) bond motifs is 5. The van der Waals surface area contributed by atoms with E-state index in [4.69, 9.17) is 23.7 Å². The Labute approximate surface area is 456 Å². The predicted molar refractivity (Wildman–Crippen MR) is 222 cm³/mol. The molecule has 4 aliphatic rings. The van der Waals surface area contributed by atoms with E-state index in [1.54, 1.807) is 48.5 Å². The molecule has 11 atom stereocenters. The Bertz CT molecular complexity index is 2420. The molecule has 3 fully saturated rings. The zero-order valence-electron chi connectivity index (χ0n) is 37.7. The molecule has 1 aliphatic heterocycles. The van der Waals surface area contributed by atoms with Gasteiger partial charge in [-0.15, -0.1) is 0 Å². The Balaban J connectivity index is 0.00000420. The summed E-state index contributed by atoms with van der Waals surface area (Å²) < 4.78 is 30.5. The third kappa shape index (κ3) is 9.82. The average molecular weight is 1360 g/mol. The van der Waals surface area contributed by atoms with Gasteiger partial charge in [0.15, 0.2) is 17.7 Å². The Kier molecular flexibility index (Phi) is 17.2. The van der Waals surface area contributed by atoms with E-state index in [2.05, 4.69) is 10.3 Å². The van der Waals surface area contributed by atoms with E-state index >= 15 is 4.79 Å². The van der Waals surface area contributed by atoms with Crippen LogP contribution in [0.3, 0.4) is 0 Å². The molecule has 0 spiro atoms. The van der Waals surface area contributed by atoms with E-state index < -0.39 is 125 Å². The van der Waals surface area contributed by atoms with Crippen molar-refractivity contribution in [3.05, 3.63) is 105 Å². The second-order valence-corrected chi connectivity index (χ2v) is 17.8. The third-order valence-electron chi connectivity index (χ3n) is 13.9. The van der Waals surface area contributed by atoms with E-state index in [0.29, 0.717) is 5.56 Å². The van der Waals surface area contributed by atoms with Crippen LogP contribution in [-0.4, -0.2) is 126 Å². The Morgan fingerprint density at radius 3 is 2.21 bits per heavy atom. The fourth-order valence-electron chi connectivity index (χ4n) is 10.3. The van der Waals surface area contributed by atoms with Crippen molar-refractivity contribution in [2.45, 2.75) is 115 Å². The van der Waals surface area contributed by atoms with Gasteiger partial charge in [-0.05, 0) is 47.6 Å². The van der Waals surface area contributed by atoms with Gasteiger partial charge >= 0.3 is 23.9 Å². The molecule has 22 heteroatoms. The number of Topliss-reactive ketones (excluding diaryl/α,β-unsaturated/α-hetero) is 1. The molecule has 7 rings (SSSR count). The number of aryl methyl sites for hydroxylation is 1. The molecule has 2 aromatic carbocycles. The maximum Gasteiger partial charge on any atom is 0.508 e. The quantitative estimate of drug-likeness (QED) is 0.0573. The maximum atomic E-state index is 15.3. The number of amides is 1. The van der Waals surface area contributed by atoms with Gasteiger partial charge in [-0.1, -0.05) is 62.4 Å². The third-order valence-corrected chi connectivity index (χ3v) is 13.9. The first-order chi connectivity index (χ1) is 30.6. The maximum absolute atomic E-state index is 15.3. The molecule has 5 N–H and O–H groups in total. The normalized spacial score (nSPS) is 30.1. The Hall–Kier alpha value is -3.18. The molecule has 10 unspecified atom stereocenters. The zero-order valence-corrected chi connectivity index (χ0v) is 47.2. The van der Waals surface area contributed by atoms with Crippen LogP contribution in [0.2, 0.25) is 0 Å². The standard InChI is InChI=1S/C45H52N4O16.2Ac/c1-23-28(63-40(55)35(52)33(47-25(3)50)26-13-9-7-10-14-26)20-45(58)38(65-39(54)27-15-11-8-12-16-27)36-43(6,37(53)34(51)32(23)42(45,4)5)29(19-30-44(36,57)22-62-30)64-41(56)61-18-17-48-24(2)46-21-31(48)49(59)60;;/h7-16,21,28-30,33-36,38,51-52,57-58H,17-20,22H2,1-6H3,(H,47,50);;/t28?,29?,30?,33?,34?,35?,36?,38?,43-,44?,45?;;/m1../s1. The summed E-state index contributed by atoms with van der Waals surface area (Å²) in [4.78, 5) is 84.1. The van der Waals surface area contributed by atoms with Crippen LogP contribution in [0.4, 0.5) is 10.6 Å². The molecule has 1 amide bonds. The Morgan fingerprint density at radius 1 is 1.00 bits per heavy atom. The molecule has 67 heavy (non-hydrogen) atoms. The number of esters is 2. The summed E-state index contributed by atoms with van der Waals surface area (Å²) in [5.74, 6) is -5.60. The van der Waals surface area contributed by atoms with Gasteiger partial charge in [0.25, 0.3) is 0 Å². The van der Waals surface area contributed by atoms with Crippen molar-refractivity contribution in [2.24, 2.45) is 16.7 Å². The fraction of sp³-hybridized carbons (Fsp3) is 0.511. The van der Waals surface area contributed by atoms with Crippen LogP contribution in [0.15, 0.2) is 78.0 Å². The van der Waals surface area contributed by atoms with E-state index in [1.165, 1.54) is 58.2 Å². The smallest absolute Gasteiger partial charge is 0.456 e. The summed E-state index contributed by atoms with van der Waals surface area (Å²) in [6.07, 6.45) is -11.5. The van der Waals surface area contributed by atoms with Crippen LogP contribution in [0.5, 0.6) is 0 Å². The topological polar surface area (TPSA) is 285 Å². The number of nitro groups is 1. The van der Waals surface area contributed by atoms with Crippen molar-refractivity contribution in [1.82, 2.24) is 14.9 Å². The van der Waals surface area contributed by atoms with Crippen LogP contribution < -0.4 is 5.32 Å². The molecule has 1 aromatic heterocycles. The van der Waals surface area contributed by atoms with Crippen LogP contribution in [0, 0.1) is 122 Å². The van der Waals surface area contributed by atoms with E-state index in [1.807, 2.05) is 0 Å². The van der Waals surface area contributed by atoms with Gasteiger partial charge in [0, 0.05) is 126 Å². The minimum atomic E-state index is -2.44. The first kappa shape index (κ1) is 54.8. The predicted octanol–water partition coefficient (Wildman–Crippen LogP) is 2.57. The first-order valence-corrected chi connectivity index (χ1v) is 21.0. The first-order valence-electron chi connectivity index (χ1n) is 21.0. The van der Waals surface area contributed by atoms with Crippen molar-refractivity contribution in [2.75, 3.05) is 13.2 Å². The molecule has 3 aliphatic carbocycles. The Morgan fingerprint density at radius 2 is 1.63 bits per heavy atom. The van der Waals surface area contributed by atoms with E-state index in [0.717, 1.165) is 6.20 Å². The van der Waals surface area contributed by atoms with Crippen LogP contribution in [-0.2, 0) is 44.6 Å². The molecule has 354 valence electrons. The van der Waals surface area contributed by atoms with Crippen molar-refractivity contribution in [3.8, 4) is 0 Å². The van der Waals surface area contributed by atoms with Gasteiger partial charge in [-0.25, -0.2) is 23.9 Å². The van der Waals surface area contributed by atoms with Gasteiger partial charge in [-0.3, -0.25) is 9.59 Å². The number of aliphatic hydroxyl groups is 4. The van der Waals surface area contributed by atoms with Crippen molar-refractivity contribution in [3.63, 3.8) is 0 Å². The minimum Gasteiger partial charge on any atom is -0.456 e. The number of nitrogens with one attached hydrogen (secondary N) is 1. The molecule has 3 aromatic rings. The number of hydrogen-bond acceptors (Lipinski definition) is 17. The molecule has 2 radical (unpaired) electrons. The second-order valence-electron chi connectivity index (χ2n) is 17.8. The van der Waals surface area contributed by atoms with Crippen LogP contribution in [0.25, 0.3) is 0 Å². The number of aromatic nitrogens is 2. The SMILES string of the molecule is CC(=O)NC(c1ccccc1)C(O)C(=O)OC1CC2(O)C(OC(=O)c3ccccc3)C3C4(O)COC4CC(OC(=O)OCCn4c([N+](=O)[O-])cnc4C)[C@@]3(C)C(=O)C(O)C(=C1C)C2(C)C.[Ac].[Ac]. The average Bonchev–Trinajstić information content (AvgIpc) is 3.64. The molecule has 20 nitrogen and oxygen atoms in total. The summed E-state index contributed by atoms with van der Waals surface area (Å²) in [5.41, 5.74) is -8.06. The zero-order chi connectivity index (χ0) is 47.4. The number of ether oxygens (including phenoxy) is 5. The van der Waals surface area contributed by atoms with Crippen molar-refractivity contribution < 1.29 is 161 Å². The number of carbonyl (C=O) groups excluding carboxylic acids is 5. The molecule has 2 heterocycles. The molecule has 1 saturated heterocycles. The molecular weight excluding hydrogens is 1310 g/mol. The van der Waals surface area contributed by atoms with E-state index in [-0.39, 0.29) is 129 Å². The summed E-state index contributed by atoms with van der Waals surface area (Å²) in [7, 11) is 0. The van der Waals surface area contributed by atoms with E-state index in [9.17, 15) is 49.7 Å². The number of aliphatic hydroxyl groups excluding tert-OH is 2. The van der Waals surface area contributed by atoms with Crippen LogP contribution >= 0.6 is 0 Å². The fourth-order valence-corrected chi connectivity index (χ4v) is 10.3. The largest absolute Gasteiger partial charge is 0.508 e. The van der Waals surface area contributed by atoms with Crippen molar-refractivity contribution >= 4 is 35.6 Å². The number of carbonyl (C=O) groups is 5. The van der Waals surface area contributed by atoms with Gasteiger partial charge in [-0.2, -0.15) is 0 Å². The van der Waals surface area contributed by atoms with Gasteiger partial charge < -0.3 is 59.5 Å². The molecular formula is C45H52Ac2N4O16. The summed E-state index contributed by atoms with van der Waals surface area (Å²) in [6, 6.07) is 14.5. The summed E-state index contributed by atoms with van der Waals surface area (Å²) in [6.45, 7) is 7.45. The summed E-state index contributed by atoms with van der Waals surface area (Å²) in [5, 5.41) is 64.1. The number of benzene rings is 2. The van der Waals surface area contributed by atoms with Crippen molar-refractivity contribution in [1.29, 1.82) is 0 Å².